The molecule has 0 spiro atoms. The van der Waals surface area contributed by atoms with E-state index in [2.05, 4.69) is 15.4 Å². The molecule has 9 heteroatoms. The van der Waals surface area contributed by atoms with Gasteiger partial charge in [0.1, 0.15) is 12.4 Å². The molecule has 1 atom stereocenters. The fourth-order valence-corrected chi connectivity index (χ4v) is 2.42. The third-order valence-corrected chi connectivity index (χ3v) is 3.46. The summed E-state index contributed by atoms with van der Waals surface area (Å²) >= 11 is 0. The maximum Gasteiger partial charge on any atom is 0.387 e. The van der Waals surface area contributed by atoms with Gasteiger partial charge in [-0.25, -0.2) is 9.59 Å². The topological polar surface area (TPSA) is 85.9 Å². The van der Waals surface area contributed by atoms with E-state index in [1.807, 2.05) is 0 Å². The van der Waals surface area contributed by atoms with E-state index in [1.165, 1.54) is 32.2 Å². The van der Waals surface area contributed by atoms with Crippen LogP contribution in [0.15, 0.2) is 35.5 Å². The molecular weight excluding hydrogens is 338 g/mol. The van der Waals surface area contributed by atoms with Crippen molar-refractivity contribution in [2.24, 2.45) is 0 Å². The number of carbonyl (C=O) groups is 2. The standard InChI is InChI=1S/C16H18F2N2O5/c1-9-12(14(21)24-8-7-23-2)13(20-16(22)19-9)10-5-3-4-6-11(10)25-15(17)18/h3-6,13,15H,7-8H2,1-2H3,(H2,19,20,22)/t13-/m1/s1. The second-order valence-electron chi connectivity index (χ2n) is 5.12. The number of alkyl halides is 2. The highest BCUT2D eigenvalue weighted by molar-refractivity contribution is 5.95. The Kier molecular flexibility index (Phi) is 6.29. The summed E-state index contributed by atoms with van der Waals surface area (Å²) < 4.78 is 39.7. The summed E-state index contributed by atoms with van der Waals surface area (Å²) in [4.78, 5) is 24.2. The summed E-state index contributed by atoms with van der Waals surface area (Å²) in [5.41, 5.74) is 0.583. The van der Waals surface area contributed by atoms with Crippen LogP contribution in [0, 0.1) is 0 Å². The van der Waals surface area contributed by atoms with Gasteiger partial charge in [-0.3, -0.25) is 0 Å². The fraction of sp³-hybridized carbons (Fsp3) is 0.375. The number of amides is 2. The van der Waals surface area contributed by atoms with Crippen molar-refractivity contribution in [1.29, 1.82) is 0 Å². The minimum atomic E-state index is -3.04. The third kappa shape index (κ3) is 4.66. The summed E-state index contributed by atoms with van der Waals surface area (Å²) in [6, 6.07) is 4.37. The summed E-state index contributed by atoms with van der Waals surface area (Å²) in [6.07, 6.45) is 0. The van der Waals surface area contributed by atoms with E-state index in [9.17, 15) is 18.4 Å². The minimum Gasteiger partial charge on any atom is -0.460 e. The molecule has 0 saturated heterocycles. The van der Waals surface area contributed by atoms with Crippen LogP contribution in [0.2, 0.25) is 0 Å². The lowest BCUT2D eigenvalue weighted by Gasteiger charge is -2.29. The molecule has 136 valence electrons. The first-order valence-corrected chi connectivity index (χ1v) is 7.42. The molecule has 0 saturated carbocycles. The number of allylic oxidation sites excluding steroid dienone is 1. The van der Waals surface area contributed by atoms with Crippen LogP contribution in [-0.2, 0) is 14.3 Å². The third-order valence-electron chi connectivity index (χ3n) is 3.46. The van der Waals surface area contributed by atoms with Gasteiger partial charge in [0.25, 0.3) is 0 Å². The highest BCUT2D eigenvalue weighted by atomic mass is 19.3. The first-order chi connectivity index (χ1) is 11.9. The molecule has 2 N–H and O–H groups in total. The molecule has 0 fully saturated rings. The number of nitrogens with one attached hydrogen (secondary N) is 2. The Hall–Kier alpha value is -2.68. The average Bonchev–Trinajstić information content (AvgIpc) is 2.54. The molecule has 2 rings (SSSR count). The van der Waals surface area contributed by atoms with E-state index in [1.54, 1.807) is 6.07 Å². The van der Waals surface area contributed by atoms with Crippen LogP contribution in [0.1, 0.15) is 18.5 Å². The summed E-state index contributed by atoms with van der Waals surface area (Å²) in [7, 11) is 1.46. The first-order valence-electron chi connectivity index (χ1n) is 7.42. The molecule has 1 aromatic rings. The zero-order chi connectivity index (χ0) is 18.4. The Morgan fingerprint density at radius 3 is 2.68 bits per heavy atom. The number of hydrogen-bond acceptors (Lipinski definition) is 5. The molecule has 0 unspecified atom stereocenters. The van der Waals surface area contributed by atoms with Crippen LogP contribution in [-0.4, -0.2) is 38.9 Å². The number of carbonyl (C=O) groups excluding carboxylic acids is 2. The number of para-hydroxylation sites is 1. The second kappa shape index (κ2) is 8.43. The van der Waals surface area contributed by atoms with E-state index in [4.69, 9.17) is 9.47 Å². The summed E-state index contributed by atoms with van der Waals surface area (Å²) in [6.45, 7) is -1.30. The zero-order valence-corrected chi connectivity index (χ0v) is 13.7. The number of ether oxygens (including phenoxy) is 3. The maximum absolute atomic E-state index is 12.6. The molecule has 25 heavy (non-hydrogen) atoms. The van der Waals surface area contributed by atoms with Gasteiger partial charge in [0.2, 0.25) is 0 Å². The lowest BCUT2D eigenvalue weighted by atomic mass is 9.95. The van der Waals surface area contributed by atoms with E-state index >= 15 is 0 Å². The van der Waals surface area contributed by atoms with Gasteiger partial charge in [-0.05, 0) is 13.0 Å². The molecule has 0 aromatic heterocycles. The van der Waals surface area contributed by atoms with Crippen molar-refractivity contribution in [3.05, 3.63) is 41.1 Å². The highest BCUT2D eigenvalue weighted by Crippen LogP contribution is 2.34. The second-order valence-corrected chi connectivity index (χ2v) is 5.12. The summed E-state index contributed by atoms with van der Waals surface area (Å²) in [5.74, 6) is -0.835. The van der Waals surface area contributed by atoms with Crippen LogP contribution in [0.5, 0.6) is 5.75 Å². The van der Waals surface area contributed by atoms with E-state index in [0.29, 0.717) is 0 Å². The first kappa shape index (κ1) is 18.7. The number of methoxy groups -OCH3 is 1. The molecule has 1 aliphatic rings. The van der Waals surface area contributed by atoms with Crippen LogP contribution in [0.25, 0.3) is 0 Å². The van der Waals surface area contributed by atoms with Crippen molar-refractivity contribution in [3.63, 3.8) is 0 Å². The number of halogens is 2. The van der Waals surface area contributed by atoms with Gasteiger partial charge in [-0.1, -0.05) is 18.2 Å². The van der Waals surface area contributed by atoms with E-state index in [0.717, 1.165) is 0 Å². The normalized spacial score (nSPS) is 17.2. The number of rotatable bonds is 7. The van der Waals surface area contributed by atoms with Gasteiger partial charge in [-0.15, -0.1) is 0 Å². The zero-order valence-electron chi connectivity index (χ0n) is 13.7. The van der Waals surface area contributed by atoms with Gasteiger partial charge in [0, 0.05) is 18.4 Å². The highest BCUT2D eigenvalue weighted by Gasteiger charge is 2.34. The van der Waals surface area contributed by atoms with Gasteiger partial charge in [0.05, 0.1) is 18.2 Å². The van der Waals surface area contributed by atoms with Crippen molar-refractivity contribution < 1.29 is 32.6 Å². The van der Waals surface area contributed by atoms with Crippen molar-refractivity contribution in [2.75, 3.05) is 20.3 Å². The van der Waals surface area contributed by atoms with E-state index in [-0.39, 0.29) is 35.8 Å². The molecular formula is C16H18F2N2O5. The fourth-order valence-electron chi connectivity index (χ4n) is 2.42. The molecule has 2 amide bonds. The molecule has 1 aromatic carbocycles. The largest absolute Gasteiger partial charge is 0.460 e. The number of esters is 1. The van der Waals surface area contributed by atoms with Gasteiger partial charge in [0.15, 0.2) is 0 Å². The molecule has 0 radical (unpaired) electrons. The number of hydrogen-bond donors (Lipinski definition) is 2. The number of benzene rings is 1. The van der Waals surface area contributed by atoms with Crippen LogP contribution in [0.4, 0.5) is 13.6 Å². The molecule has 1 aliphatic heterocycles. The number of urea groups is 1. The lowest BCUT2D eigenvalue weighted by molar-refractivity contribution is -0.140. The van der Waals surface area contributed by atoms with Crippen LogP contribution in [0.3, 0.4) is 0 Å². The van der Waals surface area contributed by atoms with Crippen molar-refractivity contribution in [3.8, 4) is 5.75 Å². The quantitative estimate of drug-likeness (QED) is 0.577. The Bertz CT molecular complexity index is 678. The Morgan fingerprint density at radius 2 is 2.00 bits per heavy atom. The Labute approximate surface area is 142 Å². The van der Waals surface area contributed by atoms with Crippen molar-refractivity contribution >= 4 is 12.0 Å². The molecule has 1 heterocycles. The van der Waals surface area contributed by atoms with Crippen molar-refractivity contribution in [2.45, 2.75) is 19.6 Å². The van der Waals surface area contributed by atoms with Crippen LogP contribution < -0.4 is 15.4 Å². The molecule has 0 aliphatic carbocycles. The van der Waals surface area contributed by atoms with Crippen molar-refractivity contribution in [1.82, 2.24) is 10.6 Å². The minimum absolute atomic E-state index is 0.0158. The van der Waals surface area contributed by atoms with E-state index < -0.39 is 24.7 Å². The predicted molar refractivity (Wildman–Crippen MR) is 83.0 cm³/mol. The molecule has 7 nitrogen and oxygen atoms in total. The Balaban J connectivity index is 2.38. The smallest absolute Gasteiger partial charge is 0.387 e. The SMILES string of the molecule is COCCOC(=O)C1=C(C)NC(=O)N[C@@H]1c1ccccc1OC(F)F. The average molecular weight is 356 g/mol. The monoisotopic (exact) mass is 356 g/mol. The predicted octanol–water partition coefficient (Wildman–Crippen LogP) is 2.11. The van der Waals surface area contributed by atoms with Gasteiger partial charge >= 0.3 is 18.6 Å². The van der Waals surface area contributed by atoms with Gasteiger partial charge in [-0.2, -0.15) is 8.78 Å². The lowest BCUT2D eigenvalue weighted by Crippen LogP contribution is -2.45. The molecule has 0 bridgehead atoms. The van der Waals surface area contributed by atoms with Gasteiger partial charge < -0.3 is 24.8 Å². The summed E-state index contributed by atoms with van der Waals surface area (Å²) in [5, 5.41) is 5.00. The maximum atomic E-state index is 12.6. The van der Waals surface area contributed by atoms with Crippen LogP contribution >= 0.6 is 0 Å². The Morgan fingerprint density at radius 1 is 1.28 bits per heavy atom.